The number of benzene rings is 2. The number of hydrogen-bond acceptors (Lipinski definition) is 6. The summed E-state index contributed by atoms with van der Waals surface area (Å²) in [4.78, 5) is 31.7. The smallest absolute Gasteiger partial charge is 0.222 e. The van der Waals surface area contributed by atoms with Crippen LogP contribution in [0.5, 0.6) is 11.6 Å². The summed E-state index contributed by atoms with van der Waals surface area (Å²) < 4.78 is 5.78. The number of carbonyl (C=O) groups excluding carboxylic acids is 2. The van der Waals surface area contributed by atoms with Gasteiger partial charge in [-0.1, -0.05) is 42.5 Å². The average molecular weight is 459 g/mol. The van der Waals surface area contributed by atoms with Crippen molar-refractivity contribution in [2.45, 2.75) is 19.4 Å². The fourth-order valence-electron chi connectivity index (χ4n) is 3.96. The lowest BCUT2D eigenvalue weighted by molar-refractivity contribution is -0.133. The van der Waals surface area contributed by atoms with Crippen LogP contribution in [0.25, 0.3) is 0 Å². The SMILES string of the molecule is O=CCNc1ccc(Oc2ccc(CCC(=O)N3CCN(Cc4ccccc4)CC3)cc2)nc1. The number of carbonyl (C=O) groups is 2. The van der Waals surface area contributed by atoms with Gasteiger partial charge in [-0.3, -0.25) is 9.69 Å². The summed E-state index contributed by atoms with van der Waals surface area (Å²) in [6, 6.07) is 21.8. The Morgan fingerprint density at radius 2 is 1.71 bits per heavy atom. The van der Waals surface area contributed by atoms with Crippen molar-refractivity contribution in [3.63, 3.8) is 0 Å². The molecule has 0 bridgehead atoms. The van der Waals surface area contributed by atoms with E-state index in [1.807, 2.05) is 41.3 Å². The van der Waals surface area contributed by atoms with Gasteiger partial charge in [0.25, 0.3) is 0 Å². The average Bonchev–Trinajstić information content (AvgIpc) is 2.89. The molecule has 1 aliphatic heterocycles. The molecule has 1 fully saturated rings. The molecule has 2 aromatic carbocycles. The summed E-state index contributed by atoms with van der Waals surface area (Å²) in [5, 5.41) is 2.93. The summed E-state index contributed by atoms with van der Waals surface area (Å²) in [5.41, 5.74) is 3.18. The number of hydrogen-bond donors (Lipinski definition) is 1. The lowest BCUT2D eigenvalue weighted by Gasteiger charge is -2.34. The monoisotopic (exact) mass is 458 g/mol. The van der Waals surface area contributed by atoms with Crippen LogP contribution < -0.4 is 10.1 Å². The normalized spacial score (nSPS) is 13.9. The van der Waals surface area contributed by atoms with Gasteiger partial charge in [-0.05, 0) is 35.7 Å². The van der Waals surface area contributed by atoms with Crippen molar-refractivity contribution in [2.24, 2.45) is 0 Å². The topological polar surface area (TPSA) is 74.8 Å². The van der Waals surface area contributed by atoms with Gasteiger partial charge < -0.3 is 19.7 Å². The van der Waals surface area contributed by atoms with E-state index in [1.165, 1.54) is 5.56 Å². The van der Waals surface area contributed by atoms with Crippen LogP contribution in [0.2, 0.25) is 0 Å². The molecule has 3 aromatic rings. The maximum Gasteiger partial charge on any atom is 0.222 e. The third kappa shape index (κ3) is 6.89. The lowest BCUT2D eigenvalue weighted by atomic mass is 10.1. The predicted octanol–water partition coefficient (Wildman–Crippen LogP) is 3.76. The van der Waals surface area contributed by atoms with E-state index in [0.29, 0.717) is 24.5 Å². The number of amides is 1. The number of piperazine rings is 1. The number of nitrogens with one attached hydrogen (secondary N) is 1. The molecule has 7 heteroatoms. The fourth-order valence-corrected chi connectivity index (χ4v) is 3.96. The molecule has 34 heavy (non-hydrogen) atoms. The first-order valence-corrected chi connectivity index (χ1v) is 11.6. The highest BCUT2D eigenvalue weighted by Crippen LogP contribution is 2.21. The van der Waals surface area contributed by atoms with Crippen molar-refractivity contribution in [1.82, 2.24) is 14.8 Å². The minimum absolute atomic E-state index is 0.215. The second kappa shape index (κ2) is 12.0. The lowest BCUT2D eigenvalue weighted by Crippen LogP contribution is -2.48. The molecule has 1 aromatic heterocycles. The standard InChI is InChI=1S/C27H30N4O3/c32-19-14-28-24-9-12-26(29-20-24)34-25-10-6-22(7-11-25)8-13-27(33)31-17-15-30(16-18-31)21-23-4-2-1-3-5-23/h1-7,9-12,19-20,28H,8,13-18,21H2. The second-order valence-corrected chi connectivity index (χ2v) is 8.32. The van der Waals surface area contributed by atoms with Crippen LogP contribution >= 0.6 is 0 Å². The molecule has 1 amide bonds. The van der Waals surface area contributed by atoms with Crippen molar-refractivity contribution in [3.05, 3.63) is 84.1 Å². The molecule has 0 spiro atoms. The molecule has 1 N–H and O–H groups in total. The number of nitrogens with zero attached hydrogens (tertiary/aromatic N) is 3. The van der Waals surface area contributed by atoms with Crippen LogP contribution in [0, 0.1) is 0 Å². The maximum absolute atomic E-state index is 12.7. The Labute approximate surface area is 200 Å². The van der Waals surface area contributed by atoms with Crippen molar-refractivity contribution in [2.75, 3.05) is 38.0 Å². The van der Waals surface area contributed by atoms with Crippen LogP contribution in [0.1, 0.15) is 17.5 Å². The zero-order valence-electron chi connectivity index (χ0n) is 19.2. The first kappa shape index (κ1) is 23.4. The fraction of sp³-hybridized carbons (Fsp3) is 0.296. The van der Waals surface area contributed by atoms with E-state index < -0.39 is 0 Å². The maximum atomic E-state index is 12.7. The number of aldehydes is 1. The molecular formula is C27H30N4O3. The first-order chi connectivity index (χ1) is 16.7. The van der Waals surface area contributed by atoms with E-state index >= 15 is 0 Å². The molecule has 2 heterocycles. The van der Waals surface area contributed by atoms with Gasteiger partial charge in [0.05, 0.1) is 18.4 Å². The summed E-state index contributed by atoms with van der Waals surface area (Å²) in [5.74, 6) is 1.38. The third-order valence-electron chi connectivity index (χ3n) is 5.87. The van der Waals surface area contributed by atoms with Crippen molar-refractivity contribution in [1.29, 1.82) is 0 Å². The number of rotatable bonds is 10. The van der Waals surface area contributed by atoms with Gasteiger partial charge in [0.1, 0.15) is 12.0 Å². The predicted molar refractivity (Wildman–Crippen MR) is 132 cm³/mol. The van der Waals surface area contributed by atoms with Gasteiger partial charge in [0.2, 0.25) is 11.8 Å². The second-order valence-electron chi connectivity index (χ2n) is 8.32. The number of aryl methyl sites for hydroxylation is 1. The highest BCUT2D eigenvalue weighted by atomic mass is 16.5. The zero-order valence-corrected chi connectivity index (χ0v) is 19.2. The van der Waals surface area contributed by atoms with Crippen LogP contribution in [0.3, 0.4) is 0 Å². The Balaban J connectivity index is 1.19. The molecule has 176 valence electrons. The molecule has 4 rings (SSSR count). The molecule has 7 nitrogen and oxygen atoms in total. The van der Waals surface area contributed by atoms with Gasteiger partial charge in [-0.2, -0.15) is 0 Å². The first-order valence-electron chi connectivity index (χ1n) is 11.6. The molecule has 1 saturated heterocycles. The zero-order chi connectivity index (χ0) is 23.6. The summed E-state index contributed by atoms with van der Waals surface area (Å²) in [6.07, 6.45) is 3.64. The van der Waals surface area contributed by atoms with E-state index in [4.69, 9.17) is 4.74 Å². The Bertz CT molecular complexity index is 1050. The molecule has 0 atom stereocenters. The number of anilines is 1. The quantitative estimate of drug-likeness (QED) is 0.467. The molecule has 0 unspecified atom stereocenters. The van der Waals surface area contributed by atoms with Gasteiger partial charge in [0.15, 0.2) is 0 Å². The van der Waals surface area contributed by atoms with E-state index in [2.05, 4.69) is 39.5 Å². The Kier molecular flexibility index (Phi) is 8.24. The van der Waals surface area contributed by atoms with Gasteiger partial charge in [0, 0.05) is 45.2 Å². The van der Waals surface area contributed by atoms with Crippen LogP contribution in [0.15, 0.2) is 72.9 Å². The number of ether oxygens (including phenoxy) is 1. The largest absolute Gasteiger partial charge is 0.439 e. The van der Waals surface area contributed by atoms with E-state index in [9.17, 15) is 9.59 Å². The summed E-state index contributed by atoms with van der Waals surface area (Å²) >= 11 is 0. The van der Waals surface area contributed by atoms with Crippen molar-refractivity contribution >= 4 is 17.9 Å². The van der Waals surface area contributed by atoms with Gasteiger partial charge >= 0.3 is 0 Å². The molecule has 0 radical (unpaired) electrons. The minimum atomic E-state index is 0.215. The van der Waals surface area contributed by atoms with Crippen molar-refractivity contribution in [3.8, 4) is 11.6 Å². The molecule has 0 saturated carbocycles. The third-order valence-corrected chi connectivity index (χ3v) is 5.87. The number of aromatic nitrogens is 1. The Hall–Kier alpha value is -3.71. The molecule has 0 aliphatic carbocycles. The summed E-state index contributed by atoms with van der Waals surface area (Å²) in [7, 11) is 0. The Morgan fingerprint density at radius 1 is 0.941 bits per heavy atom. The number of pyridine rings is 1. The minimum Gasteiger partial charge on any atom is -0.439 e. The van der Waals surface area contributed by atoms with E-state index in [0.717, 1.165) is 50.3 Å². The highest BCUT2D eigenvalue weighted by molar-refractivity contribution is 5.76. The van der Waals surface area contributed by atoms with E-state index in [-0.39, 0.29) is 12.5 Å². The summed E-state index contributed by atoms with van der Waals surface area (Å²) in [6.45, 7) is 4.58. The Morgan fingerprint density at radius 3 is 2.38 bits per heavy atom. The van der Waals surface area contributed by atoms with Crippen LogP contribution in [0.4, 0.5) is 5.69 Å². The van der Waals surface area contributed by atoms with Crippen molar-refractivity contribution < 1.29 is 14.3 Å². The van der Waals surface area contributed by atoms with Gasteiger partial charge in [-0.15, -0.1) is 0 Å². The molecule has 1 aliphatic rings. The van der Waals surface area contributed by atoms with Crippen LogP contribution in [-0.2, 0) is 22.6 Å². The molecular weight excluding hydrogens is 428 g/mol. The van der Waals surface area contributed by atoms with E-state index in [1.54, 1.807) is 12.3 Å². The van der Waals surface area contributed by atoms with Gasteiger partial charge in [-0.25, -0.2) is 4.98 Å². The highest BCUT2D eigenvalue weighted by Gasteiger charge is 2.20. The van der Waals surface area contributed by atoms with Crippen LogP contribution in [-0.4, -0.2) is 59.7 Å².